The van der Waals surface area contributed by atoms with Gasteiger partial charge in [-0.1, -0.05) is 0 Å². The second-order valence-electron chi connectivity index (χ2n) is 4.03. The fourth-order valence-corrected chi connectivity index (χ4v) is 1.72. The van der Waals surface area contributed by atoms with Gasteiger partial charge in [-0.2, -0.15) is 0 Å². The summed E-state index contributed by atoms with van der Waals surface area (Å²) in [5, 5.41) is 37.6. The van der Waals surface area contributed by atoms with Crippen LogP contribution in [0, 0.1) is 0 Å². The smallest absolute Gasteiger partial charge is 0.186 e. The first-order valence-corrected chi connectivity index (χ1v) is 5.16. The maximum atomic E-state index is 9.57. The molecule has 16 heavy (non-hydrogen) atoms. The van der Waals surface area contributed by atoms with Crippen molar-refractivity contribution in [3.63, 3.8) is 0 Å². The first-order chi connectivity index (χ1) is 7.59. The van der Waals surface area contributed by atoms with Gasteiger partial charge >= 0.3 is 0 Å². The molecule has 2 unspecified atom stereocenters. The molecule has 0 aromatic heterocycles. The van der Waals surface area contributed by atoms with E-state index in [4.69, 9.17) is 14.2 Å². The fraction of sp³-hybridized carbons (Fsp3) is 1.00. The monoisotopic (exact) mass is 236 g/mol. The lowest BCUT2D eigenvalue weighted by Gasteiger charge is -2.36. The number of rotatable bonds is 2. The van der Waals surface area contributed by atoms with E-state index in [2.05, 4.69) is 0 Å². The van der Waals surface area contributed by atoms with Crippen LogP contribution in [0.1, 0.15) is 0 Å². The third-order valence-electron chi connectivity index (χ3n) is 2.76. The zero-order valence-electron chi connectivity index (χ0n) is 8.60. The molecule has 0 bridgehead atoms. The third kappa shape index (κ3) is 2.35. The molecule has 6 atom stereocenters. The molecule has 0 aromatic carbocycles. The van der Waals surface area contributed by atoms with E-state index in [-0.39, 0.29) is 19.8 Å². The quantitative estimate of drug-likeness (QED) is 0.410. The summed E-state index contributed by atoms with van der Waals surface area (Å²) in [6.45, 7) is 0.275. The van der Waals surface area contributed by atoms with Crippen LogP contribution in [0.4, 0.5) is 0 Å². The molecular weight excluding hydrogens is 220 g/mol. The highest BCUT2D eigenvalue weighted by atomic mass is 16.7. The van der Waals surface area contributed by atoms with Crippen molar-refractivity contribution in [2.24, 2.45) is 0 Å². The summed E-state index contributed by atoms with van der Waals surface area (Å²) in [6, 6.07) is 0. The number of hydrogen-bond donors (Lipinski definition) is 4. The molecule has 0 aromatic rings. The minimum absolute atomic E-state index is 0.118. The summed E-state index contributed by atoms with van der Waals surface area (Å²) in [6.07, 6.45) is -6.17. The lowest BCUT2D eigenvalue weighted by molar-refractivity contribution is -0.286. The number of ether oxygens (including phenoxy) is 3. The molecule has 4 N–H and O–H groups in total. The zero-order chi connectivity index (χ0) is 11.7. The topological polar surface area (TPSA) is 109 Å². The van der Waals surface area contributed by atoms with Gasteiger partial charge < -0.3 is 34.6 Å². The maximum absolute atomic E-state index is 9.57. The number of hydrogen-bond acceptors (Lipinski definition) is 7. The van der Waals surface area contributed by atoms with Gasteiger partial charge in [-0.15, -0.1) is 0 Å². The van der Waals surface area contributed by atoms with Gasteiger partial charge in [0.15, 0.2) is 6.29 Å². The van der Waals surface area contributed by atoms with Crippen LogP contribution in [-0.2, 0) is 14.2 Å². The molecule has 2 rings (SSSR count). The van der Waals surface area contributed by atoms with Crippen molar-refractivity contribution in [3.05, 3.63) is 0 Å². The zero-order valence-corrected chi connectivity index (χ0v) is 8.60. The summed E-state index contributed by atoms with van der Waals surface area (Å²) >= 11 is 0. The van der Waals surface area contributed by atoms with E-state index in [1.807, 2.05) is 0 Å². The van der Waals surface area contributed by atoms with E-state index in [1.54, 1.807) is 0 Å². The Balaban J connectivity index is 1.89. The molecular formula is C9H16O7. The van der Waals surface area contributed by atoms with Crippen molar-refractivity contribution in [3.8, 4) is 0 Å². The summed E-state index contributed by atoms with van der Waals surface area (Å²) in [5.74, 6) is 0. The Labute approximate surface area is 92.2 Å². The van der Waals surface area contributed by atoms with Crippen molar-refractivity contribution in [2.45, 2.75) is 36.8 Å². The predicted molar refractivity (Wildman–Crippen MR) is 49.5 cm³/mol. The molecule has 7 heteroatoms. The van der Waals surface area contributed by atoms with Crippen LogP contribution in [0.3, 0.4) is 0 Å². The van der Waals surface area contributed by atoms with Gasteiger partial charge in [0.2, 0.25) is 0 Å². The molecule has 2 saturated heterocycles. The Morgan fingerprint density at radius 3 is 2.25 bits per heavy atom. The van der Waals surface area contributed by atoms with Gasteiger partial charge in [-0.25, -0.2) is 0 Å². The van der Waals surface area contributed by atoms with Crippen molar-refractivity contribution in [1.82, 2.24) is 0 Å². The first-order valence-electron chi connectivity index (χ1n) is 5.16. The molecule has 0 aliphatic carbocycles. The molecule has 7 nitrogen and oxygen atoms in total. The number of aliphatic hydroxyl groups is 4. The first kappa shape index (κ1) is 12.2. The SMILES string of the molecule is OC1COCC1O[C@H]1OC[C@@H](O)[C@H](O)[C@H]1O. The highest BCUT2D eigenvalue weighted by molar-refractivity contribution is 4.84. The second-order valence-corrected chi connectivity index (χ2v) is 4.03. The van der Waals surface area contributed by atoms with Gasteiger partial charge in [-0.3, -0.25) is 0 Å². The van der Waals surface area contributed by atoms with Crippen LogP contribution < -0.4 is 0 Å². The van der Waals surface area contributed by atoms with Crippen LogP contribution in [0.2, 0.25) is 0 Å². The van der Waals surface area contributed by atoms with Gasteiger partial charge in [0.1, 0.15) is 30.5 Å². The predicted octanol–water partition coefficient (Wildman–Crippen LogP) is -2.80. The average Bonchev–Trinajstić information content (AvgIpc) is 2.65. The molecule has 0 spiro atoms. The van der Waals surface area contributed by atoms with Crippen molar-refractivity contribution in [2.75, 3.05) is 19.8 Å². The van der Waals surface area contributed by atoms with Gasteiger partial charge in [-0.05, 0) is 0 Å². The van der Waals surface area contributed by atoms with Gasteiger partial charge in [0, 0.05) is 0 Å². The van der Waals surface area contributed by atoms with E-state index < -0.39 is 36.8 Å². The van der Waals surface area contributed by atoms with Crippen molar-refractivity contribution >= 4 is 0 Å². The Morgan fingerprint density at radius 2 is 1.62 bits per heavy atom. The van der Waals surface area contributed by atoms with Gasteiger partial charge in [0.05, 0.1) is 19.8 Å². The van der Waals surface area contributed by atoms with E-state index in [9.17, 15) is 20.4 Å². The Hall–Kier alpha value is -0.280. The van der Waals surface area contributed by atoms with E-state index in [0.717, 1.165) is 0 Å². The summed E-state index contributed by atoms with van der Waals surface area (Å²) in [7, 11) is 0. The molecule has 2 aliphatic heterocycles. The normalized spacial score (nSPS) is 49.5. The third-order valence-corrected chi connectivity index (χ3v) is 2.76. The highest BCUT2D eigenvalue weighted by Gasteiger charge is 2.41. The Kier molecular flexibility index (Phi) is 3.75. The highest BCUT2D eigenvalue weighted by Crippen LogP contribution is 2.20. The second kappa shape index (κ2) is 4.92. The van der Waals surface area contributed by atoms with Crippen LogP contribution in [0.25, 0.3) is 0 Å². The molecule has 94 valence electrons. The maximum Gasteiger partial charge on any atom is 0.186 e. The Morgan fingerprint density at radius 1 is 0.875 bits per heavy atom. The van der Waals surface area contributed by atoms with E-state index >= 15 is 0 Å². The van der Waals surface area contributed by atoms with Crippen molar-refractivity contribution in [1.29, 1.82) is 0 Å². The standard InChI is InChI=1S/C9H16O7/c10-4-1-14-3-6(4)16-9-8(13)7(12)5(11)2-15-9/h4-13H,1-3H2/t4?,5-,6?,7+,8-,9-/m1/s1. The molecule has 0 saturated carbocycles. The summed E-state index contributed by atoms with van der Waals surface area (Å²) in [5.41, 5.74) is 0. The van der Waals surface area contributed by atoms with Crippen LogP contribution in [0.15, 0.2) is 0 Å². The molecule has 2 aliphatic rings. The fourth-order valence-electron chi connectivity index (χ4n) is 1.72. The van der Waals surface area contributed by atoms with E-state index in [0.29, 0.717) is 0 Å². The van der Waals surface area contributed by atoms with Crippen molar-refractivity contribution < 1.29 is 34.6 Å². The minimum Gasteiger partial charge on any atom is -0.388 e. The van der Waals surface area contributed by atoms with E-state index in [1.165, 1.54) is 0 Å². The molecule has 0 radical (unpaired) electrons. The minimum atomic E-state index is -1.34. The molecule has 2 heterocycles. The molecule has 0 amide bonds. The lowest BCUT2D eigenvalue weighted by atomic mass is 10.1. The average molecular weight is 236 g/mol. The summed E-state index contributed by atoms with van der Waals surface area (Å²) < 4.78 is 15.3. The Bertz CT molecular complexity index is 236. The molecule has 2 fully saturated rings. The lowest BCUT2D eigenvalue weighted by Crippen LogP contribution is -2.55. The number of aliphatic hydroxyl groups excluding tert-OH is 4. The van der Waals surface area contributed by atoms with Crippen LogP contribution in [0.5, 0.6) is 0 Å². The van der Waals surface area contributed by atoms with Gasteiger partial charge in [0.25, 0.3) is 0 Å². The summed E-state index contributed by atoms with van der Waals surface area (Å²) in [4.78, 5) is 0. The largest absolute Gasteiger partial charge is 0.388 e. The van der Waals surface area contributed by atoms with Crippen LogP contribution >= 0.6 is 0 Å². The van der Waals surface area contributed by atoms with Crippen LogP contribution in [-0.4, -0.2) is 77.1 Å².